The van der Waals surface area contributed by atoms with Crippen LogP contribution in [-0.2, 0) is 14.3 Å². The van der Waals surface area contributed by atoms with Crippen LogP contribution in [0, 0.1) is 11.8 Å². The highest BCUT2D eigenvalue weighted by molar-refractivity contribution is 5.71. The number of carbonyl (C=O) groups is 2. The maximum atomic E-state index is 11.2. The first-order chi connectivity index (χ1) is 6.69. The van der Waals surface area contributed by atoms with Crippen molar-refractivity contribution >= 4 is 12.3 Å². The first-order valence-corrected chi connectivity index (χ1v) is 5.03. The number of carbonyl (C=O) groups excluding carboxylic acids is 2. The average molecular weight is 199 g/mol. The number of esters is 1. The summed E-state index contributed by atoms with van der Waals surface area (Å²) in [5.41, 5.74) is 0. The van der Waals surface area contributed by atoms with Crippen LogP contribution >= 0.6 is 0 Å². The maximum Gasteiger partial charge on any atom is 0.306 e. The number of hydrogen-bond donors (Lipinski definition) is 1. The molecule has 0 saturated carbocycles. The lowest BCUT2D eigenvalue weighted by atomic mass is 9.90. The van der Waals surface area contributed by atoms with Crippen LogP contribution in [0.15, 0.2) is 0 Å². The minimum Gasteiger partial charge on any atom is -0.466 e. The van der Waals surface area contributed by atoms with Gasteiger partial charge < -0.3 is 14.8 Å². The molecule has 0 amide bonds. The molecule has 80 valence electrons. The van der Waals surface area contributed by atoms with Gasteiger partial charge in [0.2, 0.25) is 0 Å². The van der Waals surface area contributed by atoms with Gasteiger partial charge in [-0.1, -0.05) is 0 Å². The number of rotatable bonds is 4. The Morgan fingerprint density at radius 3 is 2.93 bits per heavy atom. The van der Waals surface area contributed by atoms with E-state index in [4.69, 9.17) is 4.74 Å². The van der Waals surface area contributed by atoms with E-state index in [0.29, 0.717) is 13.0 Å². The van der Waals surface area contributed by atoms with E-state index in [1.165, 1.54) is 0 Å². The lowest BCUT2D eigenvalue weighted by Gasteiger charge is -2.14. The molecule has 0 unspecified atom stereocenters. The molecule has 0 aromatic rings. The molecule has 14 heavy (non-hydrogen) atoms. The Kier molecular flexibility index (Phi) is 4.07. The third-order valence-electron chi connectivity index (χ3n) is 2.72. The third-order valence-corrected chi connectivity index (χ3v) is 2.72. The van der Waals surface area contributed by atoms with Crippen LogP contribution < -0.4 is 5.32 Å². The number of hydrogen-bond acceptors (Lipinski definition) is 4. The topological polar surface area (TPSA) is 55.4 Å². The number of nitrogens with one attached hydrogen (secondary N) is 1. The Morgan fingerprint density at radius 1 is 1.64 bits per heavy atom. The Balaban J connectivity index is 2.44. The molecule has 0 radical (unpaired) electrons. The summed E-state index contributed by atoms with van der Waals surface area (Å²) in [6.45, 7) is 4.87. The van der Waals surface area contributed by atoms with Gasteiger partial charge in [0.1, 0.15) is 6.29 Å². The highest BCUT2D eigenvalue weighted by Crippen LogP contribution is 2.23. The summed E-state index contributed by atoms with van der Waals surface area (Å²) in [6.07, 6.45) is 1.28. The lowest BCUT2D eigenvalue weighted by molar-refractivity contribution is -0.144. The first kappa shape index (κ1) is 11.2. The van der Waals surface area contributed by atoms with Crippen molar-refractivity contribution in [2.75, 3.05) is 13.2 Å². The van der Waals surface area contributed by atoms with Crippen molar-refractivity contribution in [3.05, 3.63) is 0 Å². The maximum absolute atomic E-state index is 11.2. The zero-order valence-corrected chi connectivity index (χ0v) is 8.66. The molecule has 3 atom stereocenters. The van der Waals surface area contributed by atoms with Gasteiger partial charge in [-0.15, -0.1) is 0 Å². The van der Waals surface area contributed by atoms with E-state index in [-0.39, 0.29) is 23.8 Å². The van der Waals surface area contributed by atoms with Crippen LogP contribution in [0.5, 0.6) is 0 Å². The van der Waals surface area contributed by atoms with Gasteiger partial charge in [0, 0.05) is 12.0 Å². The van der Waals surface area contributed by atoms with Crippen molar-refractivity contribution in [3.8, 4) is 0 Å². The Morgan fingerprint density at radius 2 is 2.36 bits per heavy atom. The van der Waals surface area contributed by atoms with Gasteiger partial charge in [0.05, 0.1) is 13.0 Å². The first-order valence-electron chi connectivity index (χ1n) is 5.03. The van der Waals surface area contributed by atoms with Gasteiger partial charge in [-0.25, -0.2) is 0 Å². The van der Waals surface area contributed by atoms with Crippen molar-refractivity contribution in [3.63, 3.8) is 0 Å². The predicted molar refractivity (Wildman–Crippen MR) is 51.8 cm³/mol. The molecule has 4 heteroatoms. The van der Waals surface area contributed by atoms with E-state index in [2.05, 4.69) is 5.32 Å². The summed E-state index contributed by atoms with van der Waals surface area (Å²) >= 11 is 0. The molecule has 1 aliphatic heterocycles. The molecule has 0 aromatic carbocycles. The molecule has 1 fully saturated rings. The standard InChI is InChI=1S/C10H17NO3/c1-3-14-10(13)4-8-5-11-7(2)9(8)6-12/h6-9,11H,3-5H2,1-2H3/t7-,8-,9-/m1/s1. The van der Waals surface area contributed by atoms with Gasteiger partial charge in [-0.2, -0.15) is 0 Å². The van der Waals surface area contributed by atoms with E-state index in [1.807, 2.05) is 6.92 Å². The van der Waals surface area contributed by atoms with E-state index in [1.54, 1.807) is 6.92 Å². The Hall–Kier alpha value is -0.900. The van der Waals surface area contributed by atoms with Crippen LogP contribution in [0.1, 0.15) is 20.3 Å². The van der Waals surface area contributed by atoms with E-state index >= 15 is 0 Å². The van der Waals surface area contributed by atoms with E-state index in [0.717, 1.165) is 12.8 Å². The zero-order chi connectivity index (χ0) is 10.6. The number of ether oxygens (including phenoxy) is 1. The van der Waals surface area contributed by atoms with E-state index < -0.39 is 0 Å². The second-order valence-electron chi connectivity index (χ2n) is 3.68. The predicted octanol–water partition coefficient (Wildman–Crippen LogP) is 0.363. The summed E-state index contributed by atoms with van der Waals surface area (Å²) in [5, 5.41) is 3.18. The Labute approximate surface area is 84.0 Å². The van der Waals surface area contributed by atoms with Crippen molar-refractivity contribution in [1.82, 2.24) is 5.32 Å². The molecule has 4 nitrogen and oxygen atoms in total. The van der Waals surface area contributed by atoms with Crippen molar-refractivity contribution in [1.29, 1.82) is 0 Å². The third kappa shape index (κ3) is 2.54. The molecule has 0 bridgehead atoms. The molecule has 1 rings (SSSR count). The molecule has 1 heterocycles. The van der Waals surface area contributed by atoms with Crippen LogP contribution in [0.2, 0.25) is 0 Å². The largest absolute Gasteiger partial charge is 0.466 e. The van der Waals surface area contributed by atoms with Crippen LogP contribution in [0.4, 0.5) is 0 Å². The molecular formula is C10H17NO3. The lowest BCUT2D eigenvalue weighted by Crippen LogP contribution is -2.25. The summed E-state index contributed by atoms with van der Waals surface area (Å²) < 4.78 is 4.85. The fraction of sp³-hybridized carbons (Fsp3) is 0.800. The van der Waals surface area contributed by atoms with Crippen molar-refractivity contribution in [2.24, 2.45) is 11.8 Å². The van der Waals surface area contributed by atoms with Crippen LogP contribution in [0.25, 0.3) is 0 Å². The molecule has 1 saturated heterocycles. The van der Waals surface area contributed by atoms with Crippen LogP contribution in [0.3, 0.4) is 0 Å². The fourth-order valence-electron chi connectivity index (χ4n) is 1.89. The summed E-state index contributed by atoms with van der Waals surface area (Å²) in [6, 6.07) is 0.173. The average Bonchev–Trinajstić information content (AvgIpc) is 2.47. The minimum atomic E-state index is -0.208. The summed E-state index contributed by atoms with van der Waals surface area (Å²) in [7, 11) is 0. The second-order valence-corrected chi connectivity index (χ2v) is 3.68. The second kappa shape index (κ2) is 5.10. The zero-order valence-electron chi connectivity index (χ0n) is 8.66. The quantitative estimate of drug-likeness (QED) is 0.525. The van der Waals surface area contributed by atoms with Crippen molar-refractivity contribution < 1.29 is 14.3 Å². The van der Waals surface area contributed by atoms with Gasteiger partial charge in [-0.3, -0.25) is 4.79 Å². The molecule has 0 spiro atoms. The minimum absolute atomic E-state index is 0.0561. The summed E-state index contributed by atoms with van der Waals surface area (Å²) in [4.78, 5) is 22.0. The van der Waals surface area contributed by atoms with Gasteiger partial charge in [-0.05, 0) is 26.3 Å². The molecule has 1 aliphatic rings. The Bertz CT molecular complexity index is 217. The SMILES string of the molecule is CCOC(=O)C[C@@H]1CN[C@H](C)[C@H]1C=O. The van der Waals surface area contributed by atoms with Crippen LogP contribution in [-0.4, -0.2) is 31.4 Å². The smallest absolute Gasteiger partial charge is 0.306 e. The molecular weight excluding hydrogens is 182 g/mol. The molecule has 1 N–H and O–H groups in total. The molecule has 0 aliphatic carbocycles. The monoisotopic (exact) mass is 199 g/mol. The highest BCUT2D eigenvalue weighted by atomic mass is 16.5. The van der Waals surface area contributed by atoms with Gasteiger partial charge >= 0.3 is 5.97 Å². The van der Waals surface area contributed by atoms with Gasteiger partial charge in [0.15, 0.2) is 0 Å². The number of aldehydes is 1. The van der Waals surface area contributed by atoms with Crippen molar-refractivity contribution in [2.45, 2.75) is 26.3 Å². The van der Waals surface area contributed by atoms with Gasteiger partial charge in [0.25, 0.3) is 0 Å². The summed E-state index contributed by atoms with van der Waals surface area (Å²) in [5.74, 6) is -0.166. The normalized spacial score (nSPS) is 31.4. The van der Waals surface area contributed by atoms with E-state index in [9.17, 15) is 9.59 Å². The highest BCUT2D eigenvalue weighted by Gasteiger charge is 2.34. The fourth-order valence-corrected chi connectivity index (χ4v) is 1.89. The molecule has 0 aromatic heterocycles.